The number of fused-ring (bicyclic) bond motifs is 1. The lowest BCUT2D eigenvalue weighted by Crippen LogP contribution is -2.27. The highest BCUT2D eigenvalue weighted by atomic mass is 16.5. The number of carbonyl (C=O) groups excluding carboxylic acids is 3. The second-order valence-corrected chi connectivity index (χ2v) is 11.5. The molecule has 1 amide bonds. The van der Waals surface area contributed by atoms with E-state index in [2.05, 4.69) is 5.32 Å². The van der Waals surface area contributed by atoms with E-state index in [0.29, 0.717) is 61.8 Å². The number of esters is 1. The minimum Gasteiger partial charge on any atom is -0.507 e. The number of phenolic OH excluding ortho intramolecular Hbond substituents is 4. The number of hydrogen-bond donors (Lipinski definition) is 5. The number of Topliss-reactive ketones (excluding diaryl/α,β-unsaturated/α-hetero) is 1. The van der Waals surface area contributed by atoms with Crippen LogP contribution >= 0.6 is 0 Å². The SMILES string of the molecule is COc1ccc(C(CC(=O)NCCc2ccc(O)c(O)c2)c2c(O)cc3c(c2O)C(=O)O[C@@H](C)CCCC(=O)CCCC=C3)cc1. The minimum atomic E-state index is -0.859. The van der Waals surface area contributed by atoms with Gasteiger partial charge in [0, 0.05) is 37.3 Å². The monoisotopic (exact) mass is 631 g/mol. The summed E-state index contributed by atoms with van der Waals surface area (Å²) in [5, 5.41) is 45.2. The molecular weight excluding hydrogens is 590 g/mol. The normalized spacial score (nSPS) is 16.5. The van der Waals surface area contributed by atoms with Crippen LogP contribution in [0.2, 0.25) is 0 Å². The van der Waals surface area contributed by atoms with Crippen molar-refractivity contribution in [2.75, 3.05) is 13.7 Å². The van der Waals surface area contributed by atoms with Crippen molar-refractivity contribution in [3.05, 3.63) is 82.4 Å². The van der Waals surface area contributed by atoms with Crippen molar-refractivity contribution in [2.24, 2.45) is 0 Å². The van der Waals surface area contributed by atoms with E-state index in [1.54, 1.807) is 49.4 Å². The first-order valence-corrected chi connectivity index (χ1v) is 15.5. The third kappa shape index (κ3) is 8.80. The Morgan fingerprint density at radius 1 is 0.978 bits per heavy atom. The van der Waals surface area contributed by atoms with Crippen molar-refractivity contribution in [2.45, 2.75) is 70.3 Å². The van der Waals surface area contributed by atoms with Gasteiger partial charge in [0.2, 0.25) is 5.91 Å². The Kier molecular flexibility index (Phi) is 11.7. The molecule has 1 aliphatic heterocycles. The topological polar surface area (TPSA) is 163 Å². The molecule has 0 fully saturated rings. The largest absolute Gasteiger partial charge is 0.507 e. The van der Waals surface area contributed by atoms with Crippen molar-refractivity contribution >= 4 is 23.7 Å². The van der Waals surface area contributed by atoms with Gasteiger partial charge in [-0.3, -0.25) is 9.59 Å². The number of hydrogen-bond acceptors (Lipinski definition) is 9. The smallest absolute Gasteiger partial charge is 0.342 e. The Morgan fingerprint density at radius 3 is 2.43 bits per heavy atom. The van der Waals surface area contributed by atoms with Gasteiger partial charge in [-0.2, -0.15) is 0 Å². The molecule has 0 radical (unpaired) electrons. The lowest BCUT2D eigenvalue weighted by molar-refractivity contribution is -0.121. The lowest BCUT2D eigenvalue weighted by atomic mass is 9.84. The Hall–Kier alpha value is -4.99. The molecule has 10 heteroatoms. The molecule has 244 valence electrons. The molecule has 0 saturated heterocycles. The molecule has 1 heterocycles. The molecule has 3 aromatic carbocycles. The van der Waals surface area contributed by atoms with E-state index in [1.165, 1.54) is 25.3 Å². The molecule has 0 aromatic heterocycles. The number of benzene rings is 3. The van der Waals surface area contributed by atoms with Gasteiger partial charge in [0.1, 0.15) is 28.6 Å². The molecule has 10 nitrogen and oxygen atoms in total. The zero-order valence-corrected chi connectivity index (χ0v) is 26.1. The molecule has 0 bridgehead atoms. The molecular formula is C36H41NO9. The minimum absolute atomic E-state index is 0.00670. The molecule has 0 spiro atoms. The summed E-state index contributed by atoms with van der Waals surface area (Å²) in [6.45, 7) is 1.95. The first-order chi connectivity index (χ1) is 22.1. The highest BCUT2D eigenvalue weighted by molar-refractivity contribution is 5.98. The molecule has 5 N–H and O–H groups in total. The molecule has 2 atom stereocenters. The Labute approximate surface area is 268 Å². The highest BCUT2D eigenvalue weighted by Crippen LogP contribution is 2.44. The molecule has 0 saturated carbocycles. The maximum absolute atomic E-state index is 13.5. The number of nitrogens with one attached hydrogen (secondary N) is 1. The number of rotatable bonds is 8. The van der Waals surface area contributed by atoms with E-state index in [1.807, 2.05) is 0 Å². The first-order valence-electron chi connectivity index (χ1n) is 15.5. The van der Waals surface area contributed by atoms with Gasteiger partial charge in [-0.1, -0.05) is 30.4 Å². The molecule has 0 aliphatic carbocycles. The van der Waals surface area contributed by atoms with E-state index in [9.17, 15) is 34.8 Å². The molecule has 46 heavy (non-hydrogen) atoms. The zero-order chi connectivity index (χ0) is 33.2. The van der Waals surface area contributed by atoms with Crippen molar-refractivity contribution < 1.29 is 44.3 Å². The standard InChI is InChI=1S/C36H41NO9/c1-22-7-6-10-26(38)9-5-3-4-8-25-20-31(41)34(35(43)33(25)36(44)46-22)28(24-12-14-27(45-2)15-13-24)21-32(42)37-18-17-23-11-16-29(39)30(40)19-23/h4,8,11-16,19-20,22,28,39-41,43H,3,5-7,9-10,17-18,21H2,1-2H3,(H,37,42)/t22-,28?/m0/s1. The van der Waals surface area contributed by atoms with Gasteiger partial charge >= 0.3 is 5.97 Å². The van der Waals surface area contributed by atoms with Crippen LogP contribution in [0.5, 0.6) is 28.7 Å². The van der Waals surface area contributed by atoms with Gasteiger partial charge in [-0.25, -0.2) is 4.79 Å². The summed E-state index contributed by atoms with van der Waals surface area (Å²) in [4.78, 5) is 38.9. The Morgan fingerprint density at radius 2 is 1.72 bits per heavy atom. The quantitative estimate of drug-likeness (QED) is 0.151. The number of aromatic hydroxyl groups is 4. The summed E-state index contributed by atoms with van der Waals surface area (Å²) in [6, 6.07) is 12.7. The summed E-state index contributed by atoms with van der Waals surface area (Å²) in [5.41, 5.74) is 1.45. The summed E-state index contributed by atoms with van der Waals surface area (Å²) in [7, 11) is 1.52. The van der Waals surface area contributed by atoms with Crippen LogP contribution in [0.15, 0.2) is 54.6 Å². The van der Waals surface area contributed by atoms with Gasteiger partial charge < -0.3 is 35.2 Å². The predicted octanol–water partition coefficient (Wildman–Crippen LogP) is 5.88. The third-order valence-corrected chi connectivity index (χ3v) is 8.08. The van der Waals surface area contributed by atoms with Crippen molar-refractivity contribution in [1.29, 1.82) is 0 Å². The van der Waals surface area contributed by atoms with Gasteiger partial charge in [-0.15, -0.1) is 0 Å². The fourth-order valence-electron chi connectivity index (χ4n) is 5.57. The van der Waals surface area contributed by atoms with E-state index >= 15 is 0 Å². The predicted molar refractivity (Wildman–Crippen MR) is 172 cm³/mol. The van der Waals surface area contributed by atoms with E-state index < -0.39 is 23.7 Å². The third-order valence-electron chi connectivity index (χ3n) is 8.08. The van der Waals surface area contributed by atoms with Crippen LogP contribution in [0.1, 0.15) is 90.4 Å². The van der Waals surface area contributed by atoms with Crippen molar-refractivity contribution in [3.8, 4) is 28.7 Å². The number of phenols is 4. The van der Waals surface area contributed by atoms with Crippen molar-refractivity contribution in [1.82, 2.24) is 5.32 Å². The summed E-state index contributed by atoms with van der Waals surface area (Å²) in [5.74, 6) is -2.54. The maximum atomic E-state index is 13.5. The molecule has 1 unspecified atom stereocenters. The number of amides is 1. The number of cyclic esters (lactones) is 1. The van der Waals surface area contributed by atoms with Crippen LogP contribution in [-0.2, 0) is 20.7 Å². The summed E-state index contributed by atoms with van der Waals surface area (Å²) >= 11 is 0. The Balaban J connectivity index is 1.68. The van der Waals surface area contributed by atoms with E-state index in [-0.39, 0.29) is 58.6 Å². The second-order valence-electron chi connectivity index (χ2n) is 11.5. The van der Waals surface area contributed by atoms with Gasteiger partial charge in [0.05, 0.1) is 13.2 Å². The van der Waals surface area contributed by atoms with Gasteiger partial charge in [-0.05, 0) is 86.1 Å². The van der Waals surface area contributed by atoms with Gasteiger partial charge in [0.25, 0.3) is 0 Å². The van der Waals surface area contributed by atoms with Crippen molar-refractivity contribution in [3.63, 3.8) is 0 Å². The van der Waals surface area contributed by atoms with Crippen LogP contribution in [0.4, 0.5) is 0 Å². The molecule has 1 aliphatic rings. The van der Waals surface area contributed by atoms with Crippen LogP contribution < -0.4 is 10.1 Å². The number of carbonyl (C=O) groups is 3. The molecule has 4 rings (SSSR count). The van der Waals surface area contributed by atoms with E-state index in [4.69, 9.17) is 9.47 Å². The number of ether oxygens (including phenoxy) is 2. The first kappa shape index (κ1) is 33.9. The fraction of sp³-hybridized carbons (Fsp3) is 0.361. The average molecular weight is 632 g/mol. The summed E-state index contributed by atoms with van der Waals surface area (Å²) in [6.07, 6.45) is 6.22. The summed E-state index contributed by atoms with van der Waals surface area (Å²) < 4.78 is 11.0. The number of ketones is 1. The van der Waals surface area contributed by atoms with Crippen LogP contribution in [0.25, 0.3) is 6.08 Å². The van der Waals surface area contributed by atoms with Crippen LogP contribution in [-0.4, -0.2) is 57.8 Å². The van der Waals surface area contributed by atoms with Crippen LogP contribution in [0.3, 0.4) is 0 Å². The van der Waals surface area contributed by atoms with Crippen LogP contribution in [0, 0.1) is 0 Å². The molecule has 3 aromatic rings. The van der Waals surface area contributed by atoms with Gasteiger partial charge in [0.15, 0.2) is 11.5 Å². The average Bonchev–Trinajstić information content (AvgIpc) is 3.01. The lowest BCUT2D eigenvalue weighted by Gasteiger charge is -2.23. The fourth-order valence-corrected chi connectivity index (χ4v) is 5.57. The Bertz CT molecular complexity index is 1580. The number of allylic oxidation sites excluding steroid dienone is 1. The maximum Gasteiger partial charge on any atom is 0.342 e. The zero-order valence-electron chi connectivity index (χ0n) is 26.1. The second kappa shape index (κ2) is 15.8. The highest BCUT2D eigenvalue weighted by Gasteiger charge is 2.31. The number of methoxy groups -OCH3 is 1. The van der Waals surface area contributed by atoms with E-state index in [0.717, 1.165) is 0 Å².